The summed E-state index contributed by atoms with van der Waals surface area (Å²) < 4.78 is 4.21. The van der Waals surface area contributed by atoms with Crippen LogP contribution in [0.3, 0.4) is 0 Å². The van der Waals surface area contributed by atoms with Crippen LogP contribution in [0.4, 0.5) is 0 Å². The zero-order valence-corrected chi connectivity index (χ0v) is 10.4. The van der Waals surface area contributed by atoms with Gasteiger partial charge in [0, 0.05) is 4.47 Å². The monoisotopic (exact) mass is 348 g/mol. The summed E-state index contributed by atoms with van der Waals surface area (Å²) in [5.74, 6) is 0. The zero-order valence-electron chi connectivity index (χ0n) is 6.61. The molecule has 66 valence electrons. The van der Waals surface area contributed by atoms with Gasteiger partial charge in [-0.1, -0.05) is 12.1 Å². The minimum absolute atomic E-state index is 1.07. The Morgan fingerprint density at radius 3 is 2.69 bits per heavy atom. The van der Waals surface area contributed by atoms with Gasteiger partial charge in [0.05, 0.1) is 11.9 Å². The molecule has 0 aliphatic heterocycles. The predicted octanol–water partition coefficient (Wildman–Crippen LogP) is 3.24. The molecular weight excluding hydrogens is 343 g/mol. The van der Waals surface area contributed by atoms with Crippen LogP contribution in [-0.2, 0) is 0 Å². The van der Waals surface area contributed by atoms with Gasteiger partial charge in [0.15, 0.2) is 0 Å². The highest BCUT2D eigenvalue weighted by Gasteiger charge is 2.03. The highest BCUT2D eigenvalue weighted by molar-refractivity contribution is 14.1. The fourth-order valence-electron chi connectivity index (χ4n) is 1.10. The lowest BCUT2D eigenvalue weighted by Crippen LogP contribution is -1.94. The van der Waals surface area contributed by atoms with E-state index in [0.29, 0.717) is 0 Å². The quantitative estimate of drug-likeness (QED) is 0.723. The van der Waals surface area contributed by atoms with Crippen LogP contribution in [0, 0.1) is 3.70 Å². The molecule has 0 bridgehead atoms. The van der Waals surface area contributed by atoms with Gasteiger partial charge in [0.1, 0.15) is 10.0 Å². The van der Waals surface area contributed by atoms with Crippen LogP contribution in [0.2, 0.25) is 0 Å². The maximum atomic E-state index is 4.07. The van der Waals surface area contributed by atoms with Crippen molar-refractivity contribution in [3.63, 3.8) is 0 Å². The Kier molecular flexibility index (Phi) is 2.69. The Balaban J connectivity index is 2.59. The maximum Gasteiger partial charge on any atom is 0.104 e. The van der Waals surface area contributed by atoms with Crippen molar-refractivity contribution in [2.75, 3.05) is 0 Å². The standard InChI is InChI=1S/C9H6BrIN2/c10-7-3-1-2-4-8(7)13-6-12-5-9(13)11/h1-6H. The summed E-state index contributed by atoms with van der Waals surface area (Å²) in [5.41, 5.74) is 1.12. The highest BCUT2D eigenvalue weighted by Crippen LogP contribution is 2.22. The summed E-state index contributed by atoms with van der Waals surface area (Å²) in [4.78, 5) is 4.07. The molecule has 1 aromatic heterocycles. The van der Waals surface area contributed by atoms with E-state index in [1.165, 1.54) is 0 Å². The Morgan fingerprint density at radius 1 is 1.31 bits per heavy atom. The van der Waals surface area contributed by atoms with Crippen molar-refractivity contribution in [2.45, 2.75) is 0 Å². The first-order chi connectivity index (χ1) is 6.29. The molecule has 0 amide bonds. The summed E-state index contributed by atoms with van der Waals surface area (Å²) in [7, 11) is 0. The van der Waals surface area contributed by atoms with Crippen molar-refractivity contribution in [3.8, 4) is 5.69 Å². The second-order valence-electron chi connectivity index (χ2n) is 2.54. The van der Waals surface area contributed by atoms with E-state index in [1.54, 1.807) is 0 Å². The average molecular weight is 349 g/mol. The molecule has 0 spiro atoms. The second kappa shape index (κ2) is 3.79. The fraction of sp³-hybridized carbons (Fsp3) is 0. The summed E-state index contributed by atoms with van der Waals surface area (Å²) in [6, 6.07) is 8.08. The normalized spacial score (nSPS) is 10.3. The van der Waals surface area contributed by atoms with Crippen molar-refractivity contribution in [3.05, 3.63) is 45.0 Å². The zero-order chi connectivity index (χ0) is 9.26. The van der Waals surface area contributed by atoms with Gasteiger partial charge in [0.25, 0.3) is 0 Å². The van der Waals surface area contributed by atoms with Crippen molar-refractivity contribution in [1.82, 2.24) is 9.55 Å². The smallest absolute Gasteiger partial charge is 0.104 e. The summed E-state index contributed by atoms with van der Waals surface area (Å²) in [6.45, 7) is 0. The van der Waals surface area contributed by atoms with Crippen LogP contribution in [0.25, 0.3) is 5.69 Å². The van der Waals surface area contributed by atoms with E-state index in [9.17, 15) is 0 Å². The number of hydrogen-bond donors (Lipinski definition) is 0. The van der Waals surface area contributed by atoms with E-state index < -0.39 is 0 Å². The maximum absolute atomic E-state index is 4.07. The van der Waals surface area contributed by atoms with Gasteiger partial charge in [0.2, 0.25) is 0 Å². The fourth-order valence-corrected chi connectivity index (χ4v) is 2.12. The molecule has 0 saturated heterocycles. The van der Waals surface area contributed by atoms with E-state index in [2.05, 4.69) is 43.5 Å². The molecule has 1 aromatic carbocycles. The molecule has 0 radical (unpaired) electrons. The molecule has 4 heteroatoms. The van der Waals surface area contributed by atoms with Crippen LogP contribution in [0.15, 0.2) is 41.3 Å². The molecule has 0 fully saturated rings. The van der Waals surface area contributed by atoms with Crippen LogP contribution < -0.4 is 0 Å². The third kappa shape index (κ3) is 1.78. The average Bonchev–Trinajstić information content (AvgIpc) is 2.52. The molecule has 2 rings (SSSR count). The first-order valence-corrected chi connectivity index (χ1v) is 5.59. The topological polar surface area (TPSA) is 17.8 Å². The lowest BCUT2D eigenvalue weighted by Gasteiger charge is -2.05. The lowest BCUT2D eigenvalue weighted by atomic mass is 10.3. The van der Waals surface area contributed by atoms with Gasteiger partial charge in [-0.3, -0.25) is 4.57 Å². The Bertz CT molecular complexity index is 425. The molecule has 2 aromatic rings. The highest BCUT2D eigenvalue weighted by atomic mass is 127. The number of aromatic nitrogens is 2. The van der Waals surface area contributed by atoms with Crippen molar-refractivity contribution in [1.29, 1.82) is 0 Å². The van der Waals surface area contributed by atoms with Crippen LogP contribution >= 0.6 is 38.5 Å². The van der Waals surface area contributed by atoms with E-state index >= 15 is 0 Å². The van der Waals surface area contributed by atoms with Crippen molar-refractivity contribution >= 4 is 38.5 Å². The molecule has 2 nitrogen and oxygen atoms in total. The third-order valence-electron chi connectivity index (χ3n) is 1.71. The Hall–Kier alpha value is -0.360. The first kappa shape index (κ1) is 9.21. The molecule has 13 heavy (non-hydrogen) atoms. The molecule has 0 N–H and O–H groups in total. The molecule has 0 unspecified atom stereocenters. The van der Waals surface area contributed by atoms with Crippen LogP contribution in [0.1, 0.15) is 0 Å². The number of imidazole rings is 1. The van der Waals surface area contributed by atoms with Crippen molar-refractivity contribution < 1.29 is 0 Å². The third-order valence-corrected chi connectivity index (χ3v) is 3.17. The van der Waals surface area contributed by atoms with Gasteiger partial charge < -0.3 is 0 Å². The number of nitrogens with zero attached hydrogens (tertiary/aromatic N) is 2. The molecule has 0 saturated carbocycles. The van der Waals surface area contributed by atoms with Gasteiger partial charge in [-0.25, -0.2) is 4.98 Å². The van der Waals surface area contributed by atoms with Gasteiger partial charge in [-0.05, 0) is 50.7 Å². The van der Waals surface area contributed by atoms with E-state index in [4.69, 9.17) is 0 Å². The Labute approximate surface area is 98.3 Å². The summed E-state index contributed by atoms with van der Waals surface area (Å²) in [5, 5.41) is 0. The molecule has 0 atom stereocenters. The van der Waals surface area contributed by atoms with Gasteiger partial charge >= 0.3 is 0 Å². The minimum Gasteiger partial charge on any atom is -0.293 e. The van der Waals surface area contributed by atoms with Crippen LogP contribution in [0.5, 0.6) is 0 Å². The molecule has 1 heterocycles. The number of hydrogen-bond acceptors (Lipinski definition) is 1. The van der Waals surface area contributed by atoms with Gasteiger partial charge in [-0.2, -0.15) is 0 Å². The minimum atomic E-state index is 1.07. The second-order valence-corrected chi connectivity index (χ2v) is 4.50. The predicted molar refractivity (Wildman–Crippen MR) is 64.0 cm³/mol. The SMILES string of the molecule is Brc1ccccc1-n1cncc1I. The van der Waals surface area contributed by atoms with Crippen molar-refractivity contribution in [2.24, 2.45) is 0 Å². The van der Waals surface area contributed by atoms with E-state index in [1.807, 2.05) is 41.4 Å². The van der Waals surface area contributed by atoms with E-state index in [0.717, 1.165) is 13.9 Å². The number of para-hydroxylation sites is 1. The van der Waals surface area contributed by atoms with Gasteiger partial charge in [-0.15, -0.1) is 0 Å². The molecule has 0 aliphatic carbocycles. The number of halogens is 2. The summed E-state index contributed by atoms with van der Waals surface area (Å²) in [6.07, 6.45) is 3.64. The molecule has 0 aliphatic rings. The summed E-state index contributed by atoms with van der Waals surface area (Å²) >= 11 is 5.76. The first-order valence-electron chi connectivity index (χ1n) is 3.72. The lowest BCUT2D eigenvalue weighted by molar-refractivity contribution is 1.02. The van der Waals surface area contributed by atoms with E-state index in [-0.39, 0.29) is 0 Å². The number of benzene rings is 1. The largest absolute Gasteiger partial charge is 0.293 e. The van der Waals surface area contributed by atoms with Crippen LogP contribution in [-0.4, -0.2) is 9.55 Å². The number of rotatable bonds is 1. The molecular formula is C9H6BrIN2. The Morgan fingerprint density at radius 2 is 2.08 bits per heavy atom.